The number of aromatic nitrogens is 4. The first kappa shape index (κ1) is 20.5. The summed E-state index contributed by atoms with van der Waals surface area (Å²) in [7, 11) is 3.93. The Bertz CT molecular complexity index is 1170. The van der Waals surface area contributed by atoms with Gasteiger partial charge in [-0.15, -0.1) is 5.10 Å². The fourth-order valence-corrected chi connectivity index (χ4v) is 3.25. The highest BCUT2D eigenvalue weighted by atomic mass is 16.5. The zero-order chi connectivity index (χ0) is 21.6. The van der Waals surface area contributed by atoms with Crippen molar-refractivity contribution in [3.8, 4) is 11.4 Å². The van der Waals surface area contributed by atoms with Gasteiger partial charge in [0.2, 0.25) is 5.90 Å². The lowest BCUT2D eigenvalue weighted by Crippen LogP contribution is -2.17. The van der Waals surface area contributed by atoms with Crippen LogP contribution in [0.2, 0.25) is 0 Å². The molecule has 7 heteroatoms. The fraction of sp³-hybridized carbons (Fsp3) is 0.250. The minimum absolute atomic E-state index is 0.450. The molecule has 158 valence electrons. The molecule has 7 nitrogen and oxygen atoms in total. The summed E-state index contributed by atoms with van der Waals surface area (Å²) in [5.41, 5.74) is 5.00. The van der Waals surface area contributed by atoms with E-state index >= 15 is 0 Å². The Morgan fingerprint density at radius 2 is 1.81 bits per heavy atom. The number of nitrogens with zero attached hydrogens (tertiary/aromatic N) is 6. The van der Waals surface area contributed by atoms with E-state index in [0.717, 1.165) is 40.2 Å². The van der Waals surface area contributed by atoms with E-state index in [2.05, 4.69) is 46.3 Å². The van der Waals surface area contributed by atoms with Crippen molar-refractivity contribution in [3.05, 3.63) is 78.2 Å². The summed E-state index contributed by atoms with van der Waals surface area (Å²) in [6.45, 7) is 3.32. The molecule has 0 unspecified atom stereocenters. The number of fused-ring (bicyclic) bond motifs is 1. The number of hydrazone groups is 1. The molecule has 0 bridgehead atoms. The molecule has 0 atom stereocenters. The van der Waals surface area contributed by atoms with Gasteiger partial charge in [0.1, 0.15) is 17.9 Å². The Hall–Kier alpha value is -3.74. The average molecular weight is 415 g/mol. The summed E-state index contributed by atoms with van der Waals surface area (Å²) in [6, 6.07) is 16.1. The molecule has 0 saturated heterocycles. The lowest BCUT2D eigenvalue weighted by molar-refractivity contribution is 0.264. The van der Waals surface area contributed by atoms with Crippen molar-refractivity contribution in [2.24, 2.45) is 12.1 Å². The Balaban J connectivity index is 1.48. The van der Waals surface area contributed by atoms with Crippen LogP contribution in [0.3, 0.4) is 0 Å². The van der Waals surface area contributed by atoms with E-state index in [4.69, 9.17) is 9.72 Å². The van der Waals surface area contributed by atoms with Crippen molar-refractivity contribution in [2.45, 2.75) is 20.0 Å². The Morgan fingerprint density at radius 1 is 1.03 bits per heavy atom. The number of hydrogen-bond acceptors (Lipinski definition) is 6. The zero-order valence-corrected chi connectivity index (χ0v) is 18.1. The highest BCUT2D eigenvalue weighted by Gasteiger charge is 2.11. The largest absolute Gasteiger partial charge is 0.475 e. The topological polar surface area (TPSA) is 68.4 Å². The second-order valence-corrected chi connectivity index (χ2v) is 7.33. The first-order valence-electron chi connectivity index (χ1n) is 10.3. The van der Waals surface area contributed by atoms with Crippen molar-refractivity contribution < 1.29 is 4.74 Å². The molecule has 31 heavy (non-hydrogen) atoms. The lowest BCUT2D eigenvalue weighted by atomic mass is 10.1. The molecule has 0 fully saturated rings. The third kappa shape index (κ3) is 4.88. The van der Waals surface area contributed by atoms with Crippen LogP contribution in [0, 0.1) is 0 Å². The predicted octanol–water partition coefficient (Wildman–Crippen LogP) is 4.05. The van der Waals surface area contributed by atoms with Gasteiger partial charge in [0.05, 0.1) is 6.42 Å². The van der Waals surface area contributed by atoms with Crippen LogP contribution in [0.1, 0.15) is 18.1 Å². The molecule has 0 spiro atoms. The monoisotopic (exact) mass is 414 g/mol. The summed E-state index contributed by atoms with van der Waals surface area (Å²) < 4.78 is 8.09. The minimum Gasteiger partial charge on any atom is -0.475 e. The molecule has 4 rings (SSSR count). The molecule has 0 aliphatic heterocycles. The smallest absolute Gasteiger partial charge is 0.210 e. The molecule has 0 aliphatic rings. The first-order chi connectivity index (χ1) is 15.1. The molecule has 0 N–H and O–H groups in total. The highest BCUT2D eigenvalue weighted by Crippen LogP contribution is 2.23. The maximum atomic E-state index is 6.08. The van der Waals surface area contributed by atoms with Crippen LogP contribution in [0.4, 0.5) is 0 Å². The van der Waals surface area contributed by atoms with Gasteiger partial charge in [0, 0.05) is 44.8 Å². The number of pyridine rings is 2. The van der Waals surface area contributed by atoms with Gasteiger partial charge >= 0.3 is 0 Å². The number of ether oxygens (including phenoxy) is 1. The van der Waals surface area contributed by atoms with Gasteiger partial charge in [-0.25, -0.2) is 9.97 Å². The molecule has 3 aromatic heterocycles. The van der Waals surface area contributed by atoms with Gasteiger partial charge < -0.3 is 9.30 Å². The van der Waals surface area contributed by atoms with Gasteiger partial charge in [-0.3, -0.25) is 9.99 Å². The van der Waals surface area contributed by atoms with Crippen molar-refractivity contribution in [3.63, 3.8) is 0 Å². The van der Waals surface area contributed by atoms with E-state index in [0.29, 0.717) is 18.9 Å². The van der Waals surface area contributed by atoms with Gasteiger partial charge in [-0.1, -0.05) is 24.3 Å². The van der Waals surface area contributed by atoms with Gasteiger partial charge in [-0.2, -0.15) is 0 Å². The average Bonchev–Trinajstić information content (AvgIpc) is 3.15. The number of rotatable bonds is 7. The predicted molar refractivity (Wildman–Crippen MR) is 122 cm³/mol. The second-order valence-electron chi connectivity index (χ2n) is 7.33. The van der Waals surface area contributed by atoms with Crippen LogP contribution in [-0.4, -0.2) is 44.0 Å². The summed E-state index contributed by atoms with van der Waals surface area (Å²) in [5.74, 6) is 1.58. The normalized spacial score (nSPS) is 11.6. The second kappa shape index (κ2) is 9.38. The molecular formula is C24H26N6O. The highest BCUT2D eigenvalue weighted by molar-refractivity contribution is 5.78. The fourth-order valence-electron chi connectivity index (χ4n) is 3.25. The van der Waals surface area contributed by atoms with Crippen LogP contribution in [0.25, 0.3) is 22.6 Å². The van der Waals surface area contributed by atoms with Crippen LogP contribution < -0.4 is 0 Å². The van der Waals surface area contributed by atoms with Gasteiger partial charge in [0.15, 0.2) is 5.65 Å². The van der Waals surface area contributed by atoms with Crippen molar-refractivity contribution >= 4 is 17.1 Å². The van der Waals surface area contributed by atoms with Crippen molar-refractivity contribution in [1.82, 2.24) is 24.5 Å². The van der Waals surface area contributed by atoms with Crippen molar-refractivity contribution in [1.29, 1.82) is 0 Å². The van der Waals surface area contributed by atoms with Gasteiger partial charge in [-0.05, 0) is 42.3 Å². The number of hydrogen-bond donors (Lipinski definition) is 0. The number of aryl methyl sites for hydroxylation is 1. The third-order valence-corrected chi connectivity index (χ3v) is 5.09. The lowest BCUT2D eigenvalue weighted by Gasteiger charge is -2.15. The molecule has 0 amide bonds. The van der Waals surface area contributed by atoms with Crippen molar-refractivity contribution in [2.75, 3.05) is 13.6 Å². The summed E-state index contributed by atoms with van der Waals surface area (Å²) >= 11 is 0. The van der Waals surface area contributed by atoms with E-state index in [9.17, 15) is 0 Å². The number of imidazole rings is 1. The maximum Gasteiger partial charge on any atom is 0.210 e. The molecule has 4 aromatic rings. The zero-order valence-electron chi connectivity index (χ0n) is 18.1. The molecule has 1 aromatic carbocycles. The molecule has 3 heterocycles. The summed E-state index contributed by atoms with van der Waals surface area (Å²) in [5, 5.41) is 6.47. The quantitative estimate of drug-likeness (QED) is 0.259. The summed E-state index contributed by atoms with van der Waals surface area (Å²) in [6.07, 6.45) is 5.98. The molecule has 0 radical (unpaired) electrons. The standard InChI is InChI=1S/C24H26N6O/c1-4-29(2)28-22(16-18-11-14-25-15-12-18)31-17-19-7-9-20(10-8-19)23-27-21-6-5-13-26-24(21)30(23)3/h5-15H,4,16-17H2,1-3H3/b28-22+. The SMILES string of the molecule is CCN(C)/N=C(\Cc1ccncc1)OCc1ccc(-c2nc3cccnc3n2C)cc1. The minimum atomic E-state index is 0.450. The van der Waals surface area contributed by atoms with Crippen LogP contribution in [0.5, 0.6) is 0 Å². The Kier molecular flexibility index (Phi) is 6.21. The van der Waals surface area contributed by atoms with Gasteiger partial charge in [0.25, 0.3) is 0 Å². The third-order valence-electron chi connectivity index (χ3n) is 5.09. The molecule has 0 aliphatic carbocycles. The van der Waals surface area contributed by atoms with E-state index in [1.807, 2.05) is 47.9 Å². The van der Waals surface area contributed by atoms with E-state index < -0.39 is 0 Å². The summed E-state index contributed by atoms with van der Waals surface area (Å²) in [4.78, 5) is 13.2. The van der Waals surface area contributed by atoms with E-state index in [1.165, 1.54) is 0 Å². The first-order valence-corrected chi connectivity index (χ1v) is 10.3. The Labute approximate surface area is 182 Å². The Morgan fingerprint density at radius 3 is 2.52 bits per heavy atom. The van der Waals surface area contributed by atoms with Crippen LogP contribution >= 0.6 is 0 Å². The molecule has 0 saturated carbocycles. The van der Waals surface area contributed by atoms with Crippen LogP contribution in [-0.2, 0) is 24.8 Å². The maximum absolute atomic E-state index is 6.08. The van der Waals surface area contributed by atoms with Crippen LogP contribution in [0.15, 0.2) is 72.2 Å². The number of benzene rings is 1. The van der Waals surface area contributed by atoms with E-state index in [-0.39, 0.29) is 0 Å². The molecular weight excluding hydrogens is 388 g/mol. The van der Waals surface area contributed by atoms with E-state index in [1.54, 1.807) is 18.6 Å².